The van der Waals surface area contributed by atoms with Crippen LogP contribution in [-0.2, 0) is 9.31 Å². The minimum absolute atomic E-state index is 0.403. The second-order valence-electron chi connectivity index (χ2n) is 12.8. The topological polar surface area (TPSA) is 39.5 Å². The van der Waals surface area contributed by atoms with Crippen molar-refractivity contribution < 1.29 is 9.31 Å². The van der Waals surface area contributed by atoms with Crippen molar-refractivity contribution in [1.29, 1.82) is 0 Å². The lowest BCUT2D eigenvalue weighted by molar-refractivity contribution is 0.00578. The van der Waals surface area contributed by atoms with Crippen LogP contribution in [0.5, 0.6) is 0 Å². The molecule has 5 aromatic carbocycles. The molecule has 1 fully saturated rings. The van der Waals surface area contributed by atoms with Crippen molar-refractivity contribution in [3.8, 4) is 5.69 Å². The smallest absolute Gasteiger partial charge is 0.399 e. The largest absolute Gasteiger partial charge is 0.494 e. The standard InChI is InChI=1S/C39H34BN3O2/c1-38(2)39(3,4)45-40(44-38)28-18-23-34-33-15-7-8-16-36(33)43(37(34)25-28)30-21-19-29(20-22-30)42(31-13-10-24-41-26-31)35-17-9-12-27-11-5-6-14-32(27)35/h5-26H,1-4H3. The Morgan fingerprint density at radius 2 is 1.31 bits per heavy atom. The summed E-state index contributed by atoms with van der Waals surface area (Å²) >= 11 is 0. The first-order valence-corrected chi connectivity index (χ1v) is 15.5. The first-order valence-electron chi connectivity index (χ1n) is 15.5. The molecule has 0 radical (unpaired) electrons. The van der Waals surface area contributed by atoms with E-state index in [-0.39, 0.29) is 0 Å². The number of rotatable bonds is 5. The molecule has 6 heteroatoms. The van der Waals surface area contributed by atoms with Crippen molar-refractivity contribution in [1.82, 2.24) is 9.55 Å². The number of pyridine rings is 1. The molecule has 1 saturated heterocycles. The van der Waals surface area contributed by atoms with Crippen molar-refractivity contribution in [3.63, 3.8) is 0 Å². The van der Waals surface area contributed by atoms with Gasteiger partial charge in [-0.3, -0.25) is 4.98 Å². The molecule has 5 nitrogen and oxygen atoms in total. The summed E-state index contributed by atoms with van der Waals surface area (Å²) in [5, 5.41) is 4.79. The van der Waals surface area contributed by atoms with E-state index >= 15 is 0 Å². The van der Waals surface area contributed by atoms with Crippen molar-refractivity contribution >= 4 is 62.2 Å². The van der Waals surface area contributed by atoms with Crippen LogP contribution in [0.1, 0.15) is 27.7 Å². The van der Waals surface area contributed by atoms with E-state index in [4.69, 9.17) is 9.31 Å². The Morgan fingerprint density at radius 3 is 2.07 bits per heavy atom. The van der Waals surface area contributed by atoms with Crippen LogP contribution in [-0.4, -0.2) is 27.9 Å². The number of nitrogens with zero attached hydrogens (tertiary/aromatic N) is 3. The third kappa shape index (κ3) is 4.52. The summed E-state index contributed by atoms with van der Waals surface area (Å²) in [5.74, 6) is 0. The van der Waals surface area contributed by atoms with Gasteiger partial charge in [-0.25, -0.2) is 0 Å². The van der Waals surface area contributed by atoms with Gasteiger partial charge in [0.2, 0.25) is 0 Å². The highest BCUT2D eigenvalue weighted by molar-refractivity contribution is 6.62. The summed E-state index contributed by atoms with van der Waals surface area (Å²) in [5.41, 5.74) is 6.74. The van der Waals surface area contributed by atoms with Crippen LogP contribution in [0.2, 0.25) is 0 Å². The molecule has 0 unspecified atom stereocenters. The van der Waals surface area contributed by atoms with Crippen LogP contribution in [0.15, 0.2) is 134 Å². The van der Waals surface area contributed by atoms with Gasteiger partial charge in [0.15, 0.2) is 0 Å². The van der Waals surface area contributed by atoms with Gasteiger partial charge >= 0.3 is 7.12 Å². The van der Waals surface area contributed by atoms with Gasteiger partial charge in [-0.05, 0) is 93.1 Å². The summed E-state index contributed by atoms with van der Waals surface area (Å²) in [6.45, 7) is 8.38. The molecule has 0 N–H and O–H groups in total. The van der Waals surface area contributed by atoms with Gasteiger partial charge in [0, 0.05) is 33.7 Å². The van der Waals surface area contributed by atoms with E-state index in [1.807, 2.05) is 18.5 Å². The van der Waals surface area contributed by atoms with E-state index in [0.717, 1.165) is 39.2 Å². The molecule has 220 valence electrons. The SMILES string of the molecule is CC1(C)OB(c2ccc3c4ccccc4n(-c4ccc(N(c5cccnc5)c5cccc6ccccc56)cc4)c3c2)OC1(C)C. The predicted octanol–water partition coefficient (Wildman–Crippen LogP) is 9.10. The fourth-order valence-electron chi connectivity index (χ4n) is 6.46. The molecule has 1 aliphatic rings. The van der Waals surface area contributed by atoms with E-state index in [0.29, 0.717) is 0 Å². The van der Waals surface area contributed by atoms with Crippen molar-refractivity contribution in [2.75, 3.05) is 4.90 Å². The average molecular weight is 588 g/mol. The Labute approximate surface area is 263 Å². The highest BCUT2D eigenvalue weighted by atomic mass is 16.7. The first kappa shape index (κ1) is 27.6. The number of anilines is 3. The van der Waals surface area contributed by atoms with E-state index in [9.17, 15) is 0 Å². The predicted molar refractivity (Wildman–Crippen MR) is 186 cm³/mol. The van der Waals surface area contributed by atoms with Crippen molar-refractivity contribution in [3.05, 3.63) is 134 Å². The van der Waals surface area contributed by atoms with Gasteiger partial charge in [-0.15, -0.1) is 0 Å². The zero-order chi connectivity index (χ0) is 30.8. The second-order valence-corrected chi connectivity index (χ2v) is 12.8. The molecule has 0 aliphatic carbocycles. The molecule has 8 rings (SSSR count). The van der Waals surface area contributed by atoms with Gasteiger partial charge in [-0.1, -0.05) is 66.7 Å². The van der Waals surface area contributed by atoms with Gasteiger partial charge in [-0.2, -0.15) is 0 Å². The molecule has 1 aliphatic heterocycles. The number of fused-ring (bicyclic) bond motifs is 4. The Hall–Kier alpha value is -4.91. The Morgan fingerprint density at radius 1 is 0.622 bits per heavy atom. The molecule has 0 amide bonds. The molecular formula is C39H34BN3O2. The van der Waals surface area contributed by atoms with Crippen LogP contribution in [0.3, 0.4) is 0 Å². The van der Waals surface area contributed by atoms with Crippen LogP contribution < -0.4 is 10.4 Å². The van der Waals surface area contributed by atoms with E-state index in [2.05, 4.69) is 157 Å². The third-order valence-corrected chi connectivity index (χ3v) is 9.50. The van der Waals surface area contributed by atoms with E-state index < -0.39 is 18.3 Å². The number of aromatic nitrogens is 2. The van der Waals surface area contributed by atoms with Crippen LogP contribution >= 0.6 is 0 Å². The average Bonchev–Trinajstić information content (AvgIpc) is 3.50. The number of hydrogen-bond donors (Lipinski definition) is 0. The minimum Gasteiger partial charge on any atom is -0.399 e. The maximum absolute atomic E-state index is 6.43. The molecule has 0 spiro atoms. The van der Waals surface area contributed by atoms with E-state index in [1.165, 1.54) is 21.5 Å². The Kier molecular flexibility index (Phi) is 6.35. The summed E-state index contributed by atoms with van der Waals surface area (Å²) < 4.78 is 15.2. The first-order chi connectivity index (χ1) is 21.8. The third-order valence-electron chi connectivity index (χ3n) is 9.50. The molecule has 2 aromatic heterocycles. The second kappa shape index (κ2) is 10.3. The molecule has 7 aromatic rings. The van der Waals surface area contributed by atoms with Crippen molar-refractivity contribution in [2.45, 2.75) is 38.9 Å². The van der Waals surface area contributed by atoms with Crippen LogP contribution in [0, 0.1) is 0 Å². The fourth-order valence-corrected chi connectivity index (χ4v) is 6.46. The lowest BCUT2D eigenvalue weighted by atomic mass is 9.79. The molecule has 0 saturated carbocycles. The van der Waals surface area contributed by atoms with Gasteiger partial charge in [0.1, 0.15) is 0 Å². The monoisotopic (exact) mass is 587 g/mol. The zero-order valence-electron chi connectivity index (χ0n) is 25.9. The van der Waals surface area contributed by atoms with Gasteiger partial charge < -0.3 is 18.8 Å². The molecule has 0 bridgehead atoms. The maximum atomic E-state index is 6.43. The van der Waals surface area contributed by atoms with Gasteiger partial charge in [0.05, 0.1) is 39.8 Å². The van der Waals surface area contributed by atoms with Crippen LogP contribution in [0.25, 0.3) is 38.3 Å². The lowest BCUT2D eigenvalue weighted by Gasteiger charge is -2.32. The quantitative estimate of drug-likeness (QED) is 0.188. The summed E-state index contributed by atoms with van der Waals surface area (Å²) in [6.07, 6.45) is 3.73. The number of benzene rings is 5. The summed E-state index contributed by atoms with van der Waals surface area (Å²) in [7, 11) is -0.429. The molecule has 0 atom stereocenters. The highest BCUT2D eigenvalue weighted by Crippen LogP contribution is 2.40. The maximum Gasteiger partial charge on any atom is 0.494 e. The number of hydrogen-bond acceptors (Lipinski definition) is 4. The van der Waals surface area contributed by atoms with E-state index in [1.54, 1.807) is 0 Å². The van der Waals surface area contributed by atoms with Crippen LogP contribution in [0.4, 0.5) is 17.1 Å². The zero-order valence-corrected chi connectivity index (χ0v) is 25.9. The normalized spacial score (nSPS) is 15.7. The summed E-state index contributed by atoms with van der Waals surface area (Å²) in [6, 6.07) is 43.0. The Balaban J connectivity index is 1.26. The molecular weight excluding hydrogens is 553 g/mol. The minimum atomic E-state index is -0.429. The Bertz CT molecular complexity index is 2170. The van der Waals surface area contributed by atoms with Gasteiger partial charge in [0.25, 0.3) is 0 Å². The molecule has 3 heterocycles. The summed E-state index contributed by atoms with van der Waals surface area (Å²) in [4.78, 5) is 6.73. The number of para-hydroxylation sites is 1. The lowest BCUT2D eigenvalue weighted by Crippen LogP contribution is -2.41. The highest BCUT2D eigenvalue weighted by Gasteiger charge is 2.51. The van der Waals surface area contributed by atoms with Crippen molar-refractivity contribution in [2.24, 2.45) is 0 Å². The fraction of sp³-hybridized carbons (Fsp3) is 0.154. The molecule has 45 heavy (non-hydrogen) atoms.